The van der Waals surface area contributed by atoms with Crippen LogP contribution in [0.5, 0.6) is 5.75 Å². The zero-order valence-electron chi connectivity index (χ0n) is 12.2. The number of amidine groups is 1. The smallest absolute Gasteiger partial charge is 0.201 e. The number of benzene rings is 1. The summed E-state index contributed by atoms with van der Waals surface area (Å²) in [7, 11) is 1.78. The van der Waals surface area contributed by atoms with Gasteiger partial charge in [-0.2, -0.15) is 15.5 Å². The number of hydrazone groups is 1. The first kappa shape index (κ1) is 16.0. The Morgan fingerprint density at radius 3 is 2.96 bits per heavy atom. The zero-order valence-corrected chi connectivity index (χ0v) is 12.2. The van der Waals surface area contributed by atoms with Crippen molar-refractivity contribution >= 4 is 17.2 Å². The second-order valence-corrected chi connectivity index (χ2v) is 4.55. The van der Waals surface area contributed by atoms with Crippen LogP contribution in [0.4, 0.5) is 10.1 Å². The summed E-state index contributed by atoms with van der Waals surface area (Å²) in [6, 6.07) is 5.78. The van der Waals surface area contributed by atoms with Crippen molar-refractivity contribution in [2.24, 2.45) is 17.9 Å². The lowest BCUT2D eigenvalue weighted by Crippen LogP contribution is -2.21. The summed E-state index contributed by atoms with van der Waals surface area (Å²) >= 11 is 0. The molecule has 8 nitrogen and oxygen atoms in total. The van der Waals surface area contributed by atoms with E-state index in [9.17, 15) is 4.39 Å². The highest BCUT2D eigenvalue weighted by Gasteiger charge is 2.07. The van der Waals surface area contributed by atoms with E-state index in [4.69, 9.17) is 21.1 Å². The summed E-state index contributed by atoms with van der Waals surface area (Å²) < 4.78 is 21.0. The standard InChI is InChI=1S/C14H14FN7O/c1-22-7-9(6-19-22)8-23-13-3-2-10(4-11(13)15)20-21-12(5-16)14(17)18/h2-4,6-7,20H,8H2,1H3,(H3,17,18)/b21-12+. The van der Waals surface area contributed by atoms with E-state index in [0.717, 1.165) is 11.6 Å². The summed E-state index contributed by atoms with van der Waals surface area (Å²) in [5, 5.41) is 23.4. The number of nitriles is 1. The van der Waals surface area contributed by atoms with Gasteiger partial charge >= 0.3 is 0 Å². The van der Waals surface area contributed by atoms with E-state index in [1.54, 1.807) is 30.2 Å². The molecular weight excluding hydrogens is 301 g/mol. The van der Waals surface area contributed by atoms with Crippen molar-refractivity contribution in [2.45, 2.75) is 6.61 Å². The van der Waals surface area contributed by atoms with E-state index in [1.165, 1.54) is 12.1 Å². The SMILES string of the molecule is Cn1cc(COc2ccc(N/N=C(\C#N)C(=N)N)cc2F)cn1. The van der Waals surface area contributed by atoms with Gasteiger partial charge in [0.2, 0.25) is 5.71 Å². The minimum absolute atomic E-state index is 0.0791. The van der Waals surface area contributed by atoms with E-state index in [-0.39, 0.29) is 18.1 Å². The van der Waals surface area contributed by atoms with Crippen molar-refractivity contribution in [3.8, 4) is 11.8 Å². The monoisotopic (exact) mass is 315 g/mol. The molecule has 9 heteroatoms. The highest BCUT2D eigenvalue weighted by atomic mass is 19.1. The van der Waals surface area contributed by atoms with Crippen molar-refractivity contribution in [2.75, 3.05) is 5.43 Å². The third kappa shape index (κ3) is 4.28. The normalized spacial score (nSPS) is 10.9. The Labute approximate surface area is 131 Å². The Hall–Kier alpha value is -3.41. The number of anilines is 1. The summed E-state index contributed by atoms with van der Waals surface area (Å²) in [5.41, 5.74) is 8.43. The summed E-state index contributed by atoms with van der Waals surface area (Å²) in [4.78, 5) is 0. The molecule has 0 bridgehead atoms. The molecule has 0 radical (unpaired) electrons. The number of nitrogens with zero attached hydrogens (tertiary/aromatic N) is 4. The Balaban J connectivity index is 2.03. The van der Waals surface area contributed by atoms with Crippen LogP contribution >= 0.6 is 0 Å². The molecule has 118 valence electrons. The third-order valence-electron chi connectivity index (χ3n) is 2.74. The topological polar surface area (TPSA) is 125 Å². The van der Waals surface area contributed by atoms with E-state index in [1.807, 2.05) is 0 Å². The first-order chi connectivity index (χ1) is 11.0. The second kappa shape index (κ2) is 7.04. The molecule has 0 amide bonds. The molecule has 0 spiro atoms. The van der Waals surface area contributed by atoms with Gasteiger partial charge < -0.3 is 10.5 Å². The Bertz CT molecular complexity index is 791. The van der Waals surface area contributed by atoms with Crippen molar-refractivity contribution in [3.63, 3.8) is 0 Å². The fraction of sp³-hybridized carbons (Fsp3) is 0.143. The molecule has 0 saturated heterocycles. The largest absolute Gasteiger partial charge is 0.486 e. The molecule has 1 aromatic heterocycles. The van der Waals surface area contributed by atoms with Crippen LogP contribution in [-0.2, 0) is 13.7 Å². The maximum atomic E-state index is 14.0. The number of ether oxygens (including phenoxy) is 1. The molecule has 0 fully saturated rings. The average Bonchev–Trinajstić information content (AvgIpc) is 2.92. The highest BCUT2D eigenvalue weighted by molar-refractivity contribution is 6.45. The van der Waals surface area contributed by atoms with Crippen molar-refractivity contribution in [1.29, 1.82) is 10.7 Å². The molecular formula is C14H14FN7O. The molecule has 2 aromatic rings. The van der Waals surface area contributed by atoms with Gasteiger partial charge in [-0.1, -0.05) is 0 Å². The van der Waals surface area contributed by atoms with Crippen LogP contribution in [0.3, 0.4) is 0 Å². The van der Waals surface area contributed by atoms with Crippen LogP contribution in [0.1, 0.15) is 5.56 Å². The number of nitrogens with two attached hydrogens (primary N) is 1. The van der Waals surface area contributed by atoms with Gasteiger partial charge in [-0.15, -0.1) is 0 Å². The number of halogens is 1. The third-order valence-corrected chi connectivity index (χ3v) is 2.74. The number of rotatable bonds is 6. The van der Waals surface area contributed by atoms with Crippen LogP contribution in [0.15, 0.2) is 35.7 Å². The maximum absolute atomic E-state index is 14.0. The van der Waals surface area contributed by atoms with Crippen molar-refractivity contribution < 1.29 is 9.13 Å². The van der Waals surface area contributed by atoms with E-state index in [0.29, 0.717) is 5.69 Å². The first-order valence-electron chi connectivity index (χ1n) is 6.47. The molecule has 0 saturated carbocycles. The van der Waals surface area contributed by atoms with Crippen molar-refractivity contribution in [1.82, 2.24) is 9.78 Å². The minimum Gasteiger partial charge on any atom is -0.486 e. The van der Waals surface area contributed by atoms with Gasteiger partial charge in [0.25, 0.3) is 0 Å². The molecule has 0 aliphatic rings. The molecule has 4 N–H and O–H groups in total. The molecule has 0 aliphatic heterocycles. The molecule has 0 atom stereocenters. The highest BCUT2D eigenvalue weighted by Crippen LogP contribution is 2.22. The molecule has 1 aromatic carbocycles. The van der Waals surface area contributed by atoms with Gasteiger partial charge in [0, 0.05) is 24.9 Å². The predicted octanol–water partition coefficient (Wildman–Crippen LogP) is 1.37. The van der Waals surface area contributed by atoms with Gasteiger partial charge in [-0.3, -0.25) is 15.5 Å². The number of aromatic nitrogens is 2. The molecule has 2 rings (SSSR count). The Kier molecular flexibility index (Phi) is 4.89. The minimum atomic E-state index is -0.588. The number of hydrogen-bond acceptors (Lipinski definition) is 6. The van der Waals surface area contributed by atoms with Crippen LogP contribution in [0.25, 0.3) is 0 Å². The molecule has 0 aliphatic carbocycles. The Morgan fingerprint density at radius 1 is 1.61 bits per heavy atom. The molecule has 1 heterocycles. The quantitative estimate of drug-likeness (QED) is 0.422. The van der Waals surface area contributed by atoms with Crippen LogP contribution < -0.4 is 15.9 Å². The van der Waals surface area contributed by atoms with Gasteiger partial charge in [-0.05, 0) is 12.1 Å². The van der Waals surface area contributed by atoms with Crippen LogP contribution in [-0.4, -0.2) is 21.3 Å². The summed E-state index contributed by atoms with van der Waals surface area (Å²) in [5.74, 6) is -0.984. The number of hydrogen-bond donors (Lipinski definition) is 3. The first-order valence-corrected chi connectivity index (χ1v) is 6.47. The zero-order chi connectivity index (χ0) is 16.8. The van der Waals surface area contributed by atoms with E-state index in [2.05, 4.69) is 15.6 Å². The van der Waals surface area contributed by atoms with Crippen LogP contribution in [0, 0.1) is 22.6 Å². The van der Waals surface area contributed by atoms with Gasteiger partial charge in [0.05, 0.1) is 11.9 Å². The van der Waals surface area contributed by atoms with Gasteiger partial charge in [-0.25, -0.2) is 4.39 Å². The molecule has 23 heavy (non-hydrogen) atoms. The van der Waals surface area contributed by atoms with Gasteiger partial charge in [0.1, 0.15) is 12.7 Å². The fourth-order valence-electron chi connectivity index (χ4n) is 1.66. The lowest BCUT2D eigenvalue weighted by atomic mass is 10.3. The van der Waals surface area contributed by atoms with Crippen molar-refractivity contribution in [3.05, 3.63) is 42.0 Å². The predicted molar refractivity (Wildman–Crippen MR) is 82.5 cm³/mol. The average molecular weight is 315 g/mol. The van der Waals surface area contributed by atoms with Gasteiger partial charge in [0.15, 0.2) is 17.4 Å². The van der Waals surface area contributed by atoms with E-state index >= 15 is 0 Å². The summed E-state index contributed by atoms with van der Waals surface area (Å²) in [6.45, 7) is 0.193. The second-order valence-electron chi connectivity index (χ2n) is 4.55. The fourth-order valence-corrected chi connectivity index (χ4v) is 1.66. The Morgan fingerprint density at radius 2 is 2.39 bits per heavy atom. The number of nitrogens with one attached hydrogen (secondary N) is 2. The number of aryl methyl sites for hydroxylation is 1. The maximum Gasteiger partial charge on any atom is 0.201 e. The summed E-state index contributed by atoms with van der Waals surface area (Å²) in [6.07, 6.45) is 3.40. The lowest BCUT2D eigenvalue weighted by Gasteiger charge is -2.07. The van der Waals surface area contributed by atoms with Crippen LogP contribution in [0.2, 0.25) is 0 Å². The van der Waals surface area contributed by atoms with E-state index < -0.39 is 11.7 Å². The molecule has 0 unspecified atom stereocenters. The lowest BCUT2D eigenvalue weighted by molar-refractivity contribution is 0.290.